The molecule has 0 aromatic heterocycles. The third kappa shape index (κ3) is 5.59. The van der Waals surface area contributed by atoms with E-state index in [0.717, 1.165) is 19.6 Å². The van der Waals surface area contributed by atoms with Crippen molar-refractivity contribution in [2.45, 2.75) is 19.6 Å². The number of rotatable bonds is 8. The van der Waals surface area contributed by atoms with E-state index in [4.69, 9.17) is 5.73 Å². The van der Waals surface area contributed by atoms with E-state index in [1.54, 1.807) is 24.3 Å². The van der Waals surface area contributed by atoms with Gasteiger partial charge in [0.05, 0.1) is 5.75 Å². The maximum absolute atomic E-state index is 11.9. The van der Waals surface area contributed by atoms with Crippen molar-refractivity contribution in [1.82, 2.24) is 9.62 Å². The zero-order chi connectivity index (χ0) is 14.3. The Morgan fingerprint density at radius 3 is 2.42 bits per heavy atom. The van der Waals surface area contributed by atoms with Crippen LogP contribution in [0.5, 0.6) is 0 Å². The van der Waals surface area contributed by atoms with Crippen LogP contribution in [0.2, 0.25) is 0 Å². The Morgan fingerprint density at radius 1 is 1.21 bits per heavy atom. The molecule has 0 amide bonds. The minimum absolute atomic E-state index is 0.0715. The van der Waals surface area contributed by atoms with E-state index in [-0.39, 0.29) is 5.75 Å². The van der Waals surface area contributed by atoms with E-state index in [1.165, 1.54) is 0 Å². The molecule has 0 saturated carbocycles. The van der Waals surface area contributed by atoms with Crippen molar-refractivity contribution in [2.24, 2.45) is 0 Å². The van der Waals surface area contributed by atoms with Crippen LogP contribution in [0.4, 0.5) is 5.69 Å². The predicted octanol–water partition coefficient (Wildman–Crippen LogP) is 1.03. The Hall–Kier alpha value is -1.11. The first kappa shape index (κ1) is 15.9. The van der Waals surface area contributed by atoms with Crippen LogP contribution in [-0.4, -0.2) is 39.5 Å². The van der Waals surface area contributed by atoms with Gasteiger partial charge in [-0.3, -0.25) is 0 Å². The van der Waals surface area contributed by atoms with Gasteiger partial charge < -0.3 is 10.6 Å². The number of benzene rings is 1. The van der Waals surface area contributed by atoms with Crippen LogP contribution in [0.1, 0.15) is 19.4 Å². The second-order valence-corrected chi connectivity index (χ2v) is 6.19. The van der Waals surface area contributed by atoms with Gasteiger partial charge in [0.15, 0.2) is 0 Å². The van der Waals surface area contributed by atoms with Crippen LogP contribution < -0.4 is 10.5 Å². The zero-order valence-corrected chi connectivity index (χ0v) is 12.4. The minimum Gasteiger partial charge on any atom is -0.398 e. The fraction of sp³-hybridized carbons (Fsp3) is 0.538. The molecule has 0 saturated heterocycles. The molecule has 0 unspecified atom stereocenters. The van der Waals surface area contributed by atoms with Gasteiger partial charge in [-0.1, -0.05) is 32.0 Å². The second kappa shape index (κ2) is 7.47. The molecular formula is C13H23N3O2S. The standard InChI is InChI=1S/C13H23N3O2S/c1-3-16(4-2)10-9-15-19(17,18)11-12-7-5-6-8-13(12)14/h5-8,15H,3-4,9-11,14H2,1-2H3. The smallest absolute Gasteiger partial charge is 0.215 e. The molecule has 1 aromatic carbocycles. The van der Waals surface area contributed by atoms with Gasteiger partial charge in [-0.05, 0) is 24.7 Å². The first-order valence-corrected chi connectivity index (χ1v) is 8.16. The van der Waals surface area contributed by atoms with Gasteiger partial charge in [-0.15, -0.1) is 0 Å². The number of para-hydroxylation sites is 1. The molecule has 108 valence electrons. The topological polar surface area (TPSA) is 75.4 Å². The summed E-state index contributed by atoms with van der Waals surface area (Å²) in [4.78, 5) is 2.17. The number of sulfonamides is 1. The second-order valence-electron chi connectivity index (χ2n) is 4.38. The first-order valence-electron chi connectivity index (χ1n) is 6.51. The first-order chi connectivity index (χ1) is 8.98. The van der Waals surface area contributed by atoms with Crippen LogP contribution in [-0.2, 0) is 15.8 Å². The number of likely N-dealkylation sites (N-methyl/N-ethyl adjacent to an activating group) is 1. The molecule has 0 spiro atoms. The lowest BCUT2D eigenvalue weighted by atomic mass is 10.2. The summed E-state index contributed by atoms with van der Waals surface area (Å²) in [5.41, 5.74) is 6.89. The molecule has 19 heavy (non-hydrogen) atoms. The Bertz CT molecular complexity index is 484. The van der Waals surface area contributed by atoms with Crippen molar-refractivity contribution in [1.29, 1.82) is 0 Å². The molecular weight excluding hydrogens is 262 g/mol. The highest BCUT2D eigenvalue weighted by Crippen LogP contribution is 2.13. The summed E-state index contributed by atoms with van der Waals surface area (Å²) in [5, 5.41) is 0. The normalized spacial score (nSPS) is 11.9. The Balaban J connectivity index is 2.51. The summed E-state index contributed by atoms with van der Waals surface area (Å²) in [5.74, 6) is -0.0715. The summed E-state index contributed by atoms with van der Waals surface area (Å²) in [6.07, 6.45) is 0. The average molecular weight is 285 g/mol. The molecule has 0 radical (unpaired) electrons. The summed E-state index contributed by atoms with van der Waals surface area (Å²) in [6.45, 7) is 7.10. The maximum Gasteiger partial charge on any atom is 0.215 e. The Labute approximate surface area is 115 Å². The largest absolute Gasteiger partial charge is 0.398 e. The van der Waals surface area contributed by atoms with Crippen LogP contribution in [0.25, 0.3) is 0 Å². The summed E-state index contributed by atoms with van der Waals surface area (Å²) in [7, 11) is -3.33. The maximum atomic E-state index is 11.9. The number of nitrogen functional groups attached to an aromatic ring is 1. The fourth-order valence-corrected chi connectivity index (χ4v) is 3.00. The molecule has 0 aliphatic rings. The molecule has 6 heteroatoms. The van der Waals surface area contributed by atoms with Crippen molar-refractivity contribution >= 4 is 15.7 Å². The van der Waals surface area contributed by atoms with Crippen molar-refractivity contribution in [3.8, 4) is 0 Å². The van der Waals surface area contributed by atoms with Gasteiger partial charge in [0.2, 0.25) is 10.0 Å². The highest BCUT2D eigenvalue weighted by atomic mass is 32.2. The highest BCUT2D eigenvalue weighted by Gasteiger charge is 2.13. The van der Waals surface area contributed by atoms with Gasteiger partial charge in [0.1, 0.15) is 0 Å². The fourth-order valence-electron chi connectivity index (χ4n) is 1.82. The highest BCUT2D eigenvalue weighted by molar-refractivity contribution is 7.88. The van der Waals surface area contributed by atoms with Gasteiger partial charge in [-0.25, -0.2) is 13.1 Å². The number of nitrogens with one attached hydrogen (secondary N) is 1. The molecule has 0 atom stereocenters. The van der Waals surface area contributed by atoms with Gasteiger partial charge >= 0.3 is 0 Å². The van der Waals surface area contributed by atoms with Crippen molar-refractivity contribution in [3.05, 3.63) is 29.8 Å². The quantitative estimate of drug-likeness (QED) is 0.700. The number of nitrogens with two attached hydrogens (primary N) is 1. The van der Waals surface area contributed by atoms with Gasteiger partial charge in [0, 0.05) is 18.8 Å². The minimum atomic E-state index is -3.33. The molecule has 0 aliphatic carbocycles. The van der Waals surface area contributed by atoms with Crippen LogP contribution in [0.3, 0.4) is 0 Å². The molecule has 3 N–H and O–H groups in total. The summed E-state index contributed by atoms with van der Waals surface area (Å²) >= 11 is 0. The Morgan fingerprint density at radius 2 is 1.84 bits per heavy atom. The molecule has 0 bridgehead atoms. The van der Waals surface area contributed by atoms with E-state index >= 15 is 0 Å². The van der Waals surface area contributed by atoms with Crippen molar-refractivity contribution < 1.29 is 8.42 Å². The number of hydrogen-bond acceptors (Lipinski definition) is 4. The third-order valence-electron chi connectivity index (χ3n) is 3.05. The van der Waals surface area contributed by atoms with Crippen LogP contribution in [0.15, 0.2) is 24.3 Å². The molecule has 5 nitrogen and oxygen atoms in total. The van der Waals surface area contributed by atoms with Gasteiger partial charge in [-0.2, -0.15) is 0 Å². The average Bonchev–Trinajstić information content (AvgIpc) is 2.37. The third-order valence-corrected chi connectivity index (χ3v) is 4.38. The Kier molecular flexibility index (Phi) is 6.27. The van der Waals surface area contributed by atoms with Crippen LogP contribution in [0, 0.1) is 0 Å². The molecule has 1 aromatic rings. The monoisotopic (exact) mass is 285 g/mol. The van der Waals surface area contributed by atoms with E-state index in [1.807, 2.05) is 0 Å². The molecule has 1 rings (SSSR count). The van der Waals surface area contributed by atoms with Crippen LogP contribution >= 0.6 is 0 Å². The number of hydrogen-bond donors (Lipinski definition) is 2. The predicted molar refractivity (Wildman–Crippen MR) is 79.3 cm³/mol. The van der Waals surface area contributed by atoms with Crippen molar-refractivity contribution in [2.75, 3.05) is 31.9 Å². The van der Waals surface area contributed by atoms with E-state index in [2.05, 4.69) is 23.5 Å². The lowest BCUT2D eigenvalue weighted by Gasteiger charge is -2.18. The molecule has 0 aliphatic heterocycles. The zero-order valence-electron chi connectivity index (χ0n) is 11.6. The molecule has 0 heterocycles. The SMILES string of the molecule is CCN(CC)CCNS(=O)(=O)Cc1ccccc1N. The van der Waals surface area contributed by atoms with Crippen molar-refractivity contribution in [3.63, 3.8) is 0 Å². The van der Waals surface area contributed by atoms with Gasteiger partial charge in [0.25, 0.3) is 0 Å². The molecule has 0 fully saturated rings. The lowest BCUT2D eigenvalue weighted by Crippen LogP contribution is -2.35. The van der Waals surface area contributed by atoms with E-state index in [9.17, 15) is 8.42 Å². The van der Waals surface area contributed by atoms with E-state index in [0.29, 0.717) is 17.8 Å². The lowest BCUT2D eigenvalue weighted by molar-refractivity contribution is 0.309. The number of anilines is 1. The van der Waals surface area contributed by atoms with E-state index < -0.39 is 10.0 Å². The number of nitrogens with zero attached hydrogens (tertiary/aromatic N) is 1. The summed E-state index contributed by atoms with van der Waals surface area (Å²) < 4.78 is 26.5. The summed E-state index contributed by atoms with van der Waals surface area (Å²) in [6, 6.07) is 7.02.